The van der Waals surface area contributed by atoms with Gasteiger partial charge in [0.25, 0.3) is 0 Å². The van der Waals surface area contributed by atoms with Crippen LogP contribution in [-0.4, -0.2) is 64.7 Å². The molecule has 10 heteroatoms. The number of ether oxygens (including phenoxy) is 1. The van der Waals surface area contributed by atoms with Crippen molar-refractivity contribution in [1.29, 1.82) is 5.41 Å². The van der Waals surface area contributed by atoms with Crippen molar-refractivity contribution in [2.45, 2.75) is 30.7 Å². The van der Waals surface area contributed by atoms with E-state index in [0.29, 0.717) is 6.21 Å². The third kappa shape index (κ3) is 3.62. The molecular weight excluding hydrogens is 271 g/mol. The minimum Gasteiger partial charge on any atom is -0.394 e. The highest BCUT2D eigenvalue weighted by atomic mass is 19.4. The molecule has 0 spiro atoms. The first kappa shape index (κ1) is 15.8. The molecule has 1 aliphatic heterocycles. The maximum absolute atomic E-state index is 12.5. The van der Waals surface area contributed by atoms with Crippen molar-refractivity contribution in [2.24, 2.45) is 16.6 Å². The van der Waals surface area contributed by atoms with Crippen molar-refractivity contribution in [1.82, 2.24) is 0 Å². The summed E-state index contributed by atoms with van der Waals surface area (Å²) in [4.78, 5) is 3.33. The van der Waals surface area contributed by atoms with Gasteiger partial charge in [0.2, 0.25) is 0 Å². The summed E-state index contributed by atoms with van der Waals surface area (Å²) in [5.41, 5.74) is 4.80. The Morgan fingerprint density at radius 3 is 2.37 bits per heavy atom. The van der Waals surface area contributed by atoms with Crippen molar-refractivity contribution < 1.29 is 33.2 Å². The number of hydrogen-bond donors (Lipinski definition) is 5. The normalized spacial score (nSPS) is 33.8. The molecule has 1 saturated heterocycles. The number of amidine groups is 1. The fourth-order valence-corrected chi connectivity index (χ4v) is 1.52. The van der Waals surface area contributed by atoms with E-state index in [4.69, 9.17) is 21.0 Å². The van der Waals surface area contributed by atoms with Gasteiger partial charge in [-0.15, -0.1) is 0 Å². The Kier molecular flexibility index (Phi) is 4.85. The minimum absolute atomic E-state index is 0.336. The number of nitrogens with zero attached hydrogens (tertiary/aromatic N) is 1. The number of aliphatic imine (C=N–C) groups is 1. The van der Waals surface area contributed by atoms with Crippen LogP contribution >= 0.6 is 0 Å². The molecular formula is C9H14F3N3O4. The Labute approximate surface area is 106 Å². The smallest absolute Gasteiger partial charge is 0.394 e. The minimum atomic E-state index is -4.78. The van der Waals surface area contributed by atoms with Gasteiger partial charge in [-0.2, -0.15) is 13.2 Å². The van der Waals surface area contributed by atoms with Crippen LogP contribution < -0.4 is 5.73 Å². The second-order valence-corrected chi connectivity index (χ2v) is 4.00. The number of hydrogen-bond acceptors (Lipinski definition) is 6. The fraction of sp³-hybridized carbons (Fsp3) is 0.778. The van der Waals surface area contributed by atoms with Crippen LogP contribution in [-0.2, 0) is 4.74 Å². The number of halogens is 3. The van der Waals surface area contributed by atoms with E-state index in [-0.39, 0.29) is 0 Å². The van der Waals surface area contributed by atoms with Gasteiger partial charge in [-0.05, 0) is 0 Å². The lowest BCUT2D eigenvalue weighted by atomic mass is 10.1. The van der Waals surface area contributed by atoms with Gasteiger partial charge in [0.1, 0.15) is 30.1 Å². The Hall–Kier alpha value is -1.23. The zero-order valence-electron chi connectivity index (χ0n) is 9.58. The topological polar surface area (TPSA) is 132 Å². The summed E-state index contributed by atoms with van der Waals surface area (Å²) in [6.45, 7) is -0.611. The Morgan fingerprint density at radius 1 is 1.42 bits per heavy atom. The highest BCUT2D eigenvalue weighted by molar-refractivity contribution is 5.95. The molecule has 5 atom stereocenters. The number of rotatable bonds is 4. The van der Waals surface area contributed by atoms with E-state index in [1.54, 1.807) is 0 Å². The van der Waals surface area contributed by atoms with Crippen LogP contribution in [0.2, 0.25) is 0 Å². The first-order valence-corrected chi connectivity index (χ1v) is 5.24. The summed E-state index contributed by atoms with van der Waals surface area (Å²) >= 11 is 0. The van der Waals surface area contributed by atoms with Crippen LogP contribution in [0.3, 0.4) is 0 Å². The monoisotopic (exact) mass is 285 g/mol. The van der Waals surface area contributed by atoms with Gasteiger partial charge in [-0.25, -0.2) is 0 Å². The molecule has 0 bridgehead atoms. The highest BCUT2D eigenvalue weighted by Crippen LogP contribution is 2.26. The van der Waals surface area contributed by atoms with Gasteiger partial charge in [0.15, 0.2) is 6.23 Å². The maximum Gasteiger partial charge on any atom is 0.403 e. The fourth-order valence-electron chi connectivity index (χ4n) is 1.52. The largest absolute Gasteiger partial charge is 0.403 e. The predicted molar refractivity (Wildman–Crippen MR) is 57.7 cm³/mol. The summed E-state index contributed by atoms with van der Waals surface area (Å²) < 4.78 is 42.2. The zero-order valence-corrected chi connectivity index (χ0v) is 9.58. The molecule has 0 aromatic heterocycles. The second-order valence-electron chi connectivity index (χ2n) is 4.00. The van der Waals surface area contributed by atoms with Crippen molar-refractivity contribution in [3.8, 4) is 0 Å². The van der Waals surface area contributed by atoms with E-state index in [9.17, 15) is 23.4 Å². The van der Waals surface area contributed by atoms with Crippen LogP contribution in [0.4, 0.5) is 13.2 Å². The van der Waals surface area contributed by atoms with Gasteiger partial charge < -0.3 is 25.8 Å². The van der Waals surface area contributed by atoms with Gasteiger partial charge in [-0.1, -0.05) is 0 Å². The lowest BCUT2D eigenvalue weighted by Crippen LogP contribution is -2.37. The molecule has 5 unspecified atom stereocenters. The average Bonchev–Trinajstić information content (AvgIpc) is 2.54. The zero-order chi connectivity index (χ0) is 14.8. The Morgan fingerprint density at radius 2 is 2.00 bits per heavy atom. The van der Waals surface area contributed by atoms with E-state index in [2.05, 4.69) is 4.99 Å². The number of alkyl halides is 3. The quantitative estimate of drug-likeness (QED) is 0.320. The van der Waals surface area contributed by atoms with E-state index in [0.717, 1.165) is 0 Å². The summed E-state index contributed by atoms with van der Waals surface area (Å²) in [6.07, 6.45) is -10.0. The highest BCUT2D eigenvalue weighted by Gasteiger charge is 2.44. The molecule has 0 amide bonds. The number of nitrogens with two attached hydrogens (primary N) is 1. The first-order valence-electron chi connectivity index (χ1n) is 5.24. The third-order valence-corrected chi connectivity index (χ3v) is 2.59. The maximum atomic E-state index is 12.5. The van der Waals surface area contributed by atoms with Gasteiger partial charge in [-0.3, -0.25) is 10.4 Å². The molecule has 19 heavy (non-hydrogen) atoms. The molecule has 0 radical (unpaired) electrons. The van der Waals surface area contributed by atoms with E-state index >= 15 is 0 Å². The number of aliphatic hydroxyl groups is 3. The molecule has 0 aliphatic carbocycles. The van der Waals surface area contributed by atoms with Crippen LogP contribution in [0.5, 0.6) is 0 Å². The summed E-state index contributed by atoms with van der Waals surface area (Å²) in [6, 6.07) is 0. The van der Waals surface area contributed by atoms with E-state index < -0.39 is 49.1 Å². The predicted octanol–water partition coefficient (Wildman–Crippen LogP) is -1.39. The lowest BCUT2D eigenvalue weighted by Gasteiger charge is -2.16. The molecule has 1 rings (SSSR count). The van der Waals surface area contributed by atoms with Crippen molar-refractivity contribution >= 4 is 12.1 Å². The van der Waals surface area contributed by atoms with Crippen molar-refractivity contribution in [2.75, 3.05) is 6.61 Å². The van der Waals surface area contributed by atoms with Gasteiger partial charge >= 0.3 is 6.18 Å². The summed E-state index contributed by atoms with van der Waals surface area (Å²) in [7, 11) is 0. The Balaban J connectivity index is 2.78. The number of nitrogens with one attached hydrogen (secondary N) is 1. The molecule has 1 aliphatic rings. The van der Waals surface area contributed by atoms with Crippen LogP contribution in [0.1, 0.15) is 0 Å². The molecule has 0 saturated carbocycles. The molecule has 0 aromatic rings. The van der Waals surface area contributed by atoms with Crippen LogP contribution in [0, 0.1) is 11.3 Å². The average molecular weight is 285 g/mol. The molecule has 6 N–H and O–H groups in total. The molecule has 110 valence electrons. The molecule has 1 heterocycles. The standard InChI is InChI=1S/C9H14F3N3O4/c10-9(11,12)3(7(13)14)1-15-8-6(18)5(17)4(2-16)19-8/h1,3-6,8,16-18H,2H2,(H3,13,14). The Bertz CT molecular complexity index is 363. The first-order chi connectivity index (χ1) is 8.68. The van der Waals surface area contributed by atoms with E-state index in [1.807, 2.05) is 0 Å². The summed E-state index contributed by atoms with van der Waals surface area (Å²) in [5, 5.41) is 34.4. The third-order valence-electron chi connectivity index (χ3n) is 2.59. The van der Waals surface area contributed by atoms with Crippen LogP contribution in [0.25, 0.3) is 0 Å². The van der Waals surface area contributed by atoms with Gasteiger partial charge in [0, 0.05) is 6.21 Å². The second kappa shape index (κ2) is 5.82. The molecule has 1 fully saturated rings. The van der Waals surface area contributed by atoms with Crippen molar-refractivity contribution in [3.05, 3.63) is 0 Å². The van der Waals surface area contributed by atoms with Crippen LogP contribution in [0.15, 0.2) is 4.99 Å². The molecule has 7 nitrogen and oxygen atoms in total. The lowest BCUT2D eigenvalue weighted by molar-refractivity contribution is -0.138. The SMILES string of the molecule is N=C(N)C(C=NC1OC(CO)C(O)C1O)C(F)(F)F. The number of aliphatic hydroxyl groups excluding tert-OH is 3. The van der Waals surface area contributed by atoms with E-state index in [1.165, 1.54) is 0 Å². The molecule has 0 aromatic carbocycles. The summed E-state index contributed by atoms with van der Waals surface area (Å²) in [5.74, 6) is -3.54. The van der Waals surface area contributed by atoms with Gasteiger partial charge in [0.05, 0.1) is 6.61 Å². The van der Waals surface area contributed by atoms with Crippen molar-refractivity contribution in [3.63, 3.8) is 0 Å².